The van der Waals surface area contributed by atoms with Crippen molar-refractivity contribution in [2.24, 2.45) is 0 Å². The van der Waals surface area contributed by atoms with Gasteiger partial charge in [0.25, 0.3) is 0 Å². The summed E-state index contributed by atoms with van der Waals surface area (Å²) < 4.78 is 0. The lowest BCUT2D eigenvalue weighted by molar-refractivity contribution is 1.31. The monoisotopic (exact) mass is 281 g/mol. The van der Waals surface area contributed by atoms with Crippen molar-refractivity contribution in [1.29, 1.82) is 0 Å². The first kappa shape index (κ1) is 12.6. The second kappa shape index (κ2) is 5.31. The average molecular weight is 282 g/mol. The topological polar surface area (TPSA) is 51.8 Å². The van der Waals surface area contributed by atoms with Crippen LogP contribution in [0.25, 0.3) is 22.3 Å². The van der Waals surface area contributed by atoms with Crippen LogP contribution in [0.2, 0.25) is 5.02 Å². The molecule has 4 heteroatoms. The van der Waals surface area contributed by atoms with E-state index in [1.54, 1.807) is 18.6 Å². The fraction of sp³-hybridized carbons (Fsp3) is 0. The van der Waals surface area contributed by atoms with E-state index in [4.69, 9.17) is 17.3 Å². The molecule has 20 heavy (non-hydrogen) atoms. The summed E-state index contributed by atoms with van der Waals surface area (Å²) >= 11 is 5.94. The van der Waals surface area contributed by atoms with Crippen molar-refractivity contribution in [3.63, 3.8) is 0 Å². The van der Waals surface area contributed by atoms with Gasteiger partial charge in [0.2, 0.25) is 0 Å². The molecule has 0 aliphatic heterocycles. The summed E-state index contributed by atoms with van der Waals surface area (Å²) in [6.07, 6.45) is 5.24. The van der Waals surface area contributed by atoms with Crippen LogP contribution in [0.3, 0.4) is 0 Å². The quantitative estimate of drug-likeness (QED) is 0.771. The number of rotatable bonds is 2. The van der Waals surface area contributed by atoms with Crippen molar-refractivity contribution in [3.05, 3.63) is 66.1 Å². The largest absolute Gasteiger partial charge is 0.383 e. The van der Waals surface area contributed by atoms with Gasteiger partial charge in [-0.15, -0.1) is 0 Å². The van der Waals surface area contributed by atoms with Gasteiger partial charge in [0.15, 0.2) is 0 Å². The minimum absolute atomic E-state index is 0.502. The second-order valence-corrected chi connectivity index (χ2v) is 4.80. The van der Waals surface area contributed by atoms with Crippen molar-refractivity contribution in [2.45, 2.75) is 0 Å². The molecule has 0 unspecified atom stereocenters. The van der Waals surface area contributed by atoms with E-state index in [-0.39, 0.29) is 0 Å². The van der Waals surface area contributed by atoms with Crippen LogP contribution >= 0.6 is 11.6 Å². The zero-order chi connectivity index (χ0) is 13.9. The van der Waals surface area contributed by atoms with Crippen LogP contribution < -0.4 is 5.73 Å². The van der Waals surface area contributed by atoms with Gasteiger partial charge in [-0.25, -0.2) is 4.98 Å². The Balaban J connectivity index is 2.22. The first-order valence-electron chi connectivity index (χ1n) is 6.16. The van der Waals surface area contributed by atoms with Crippen LogP contribution in [0.15, 0.2) is 61.1 Å². The first-order chi connectivity index (χ1) is 9.75. The lowest BCUT2D eigenvalue weighted by Crippen LogP contribution is -1.96. The van der Waals surface area contributed by atoms with Gasteiger partial charge >= 0.3 is 0 Å². The van der Waals surface area contributed by atoms with Gasteiger partial charge in [0.05, 0.1) is 0 Å². The Hall–Kier alpha value is -2.39. The van der Waals surface area contributed by atoms with E-state index in [0.29, 0.717) is 10.8 Å². The standard InChI is InChI=1S/C16H12ClN3/c17-13-3-1-12(2-4-13)15-14(7-10-20-16(15)18)11-5-8-19-9-6-11/h1-10H,(H2,18,20). The number of benzene rings is 1. The van der Waals surface area contributed by atoms with Crippen molar-refractivity contribution in [2.75, 3.05) is 5.73 Å². The SMILES string of the molecule is Nc1nccc(-c2ccncc2)c1-c1ccc(Cl)cc1. The molecule has 1 aromatic carbocycles. The van der Waals surface area contributed by atoms with E-state index in [9.17, 15) is 0 Å². The third-order valence-corrected chi connectivity index (χ3v) is 3.36. The van der Waals surface area contributed by atoms with E-state index >= 15 is 0 Å². The number of aromatic nitrogens is 2. The molecule has 2 heterocycles. The van der Waals surface area contributed by atoms with Gasteiger partial charge in [0.1, 0.15) is 5.82 Å². The smallest absolute Gasteiger partial charge is 0.131 e. The minimum atomic E-state index is 0.502. The zero-order valence-electron chi connectivity index (χ0n) is 10.6. The molecule has 0 spiro atoms. The van der Waals surface area contributed by atoms with Gasteiger partial charge in [-0.05, 0) is 47.0 Å². The fourth-order valence-electron chi connectivity index (χ4n) is 2.17. The molecule has 2 N–H and O–H groups in total. The molecular formula is C16H12ClN3. The molecule has 2 aromatic heterocycles. The van der Waals surface area contributed by atoms with Crippen molar-refractivity contribution in [3.8, 4) is 22.3 Å². The molecule has 0 aliphatic rings. The molecule has 0 saturated heterocycles. The zero-order valence-corrected chi connectivity index (χ0v) is 11.4. The summed E-state index contributed by atoms with van der Waals surface area (Å²) in [6, 6.07) is 13.4. The van der Waals surface area contributed by atoms with Gasteiger partial charge in [-0.1, -0.05) is 23.7 Å². The Kier molecular flexibility index (Phi) is 3.35. The molecule has 3 rings (SSSR count). The minimum Gasteiger partial charge on any atom is -0.383 e. The van der Waals surface area contributed by atoms with Crippen molar-refractivity contribution < 1.29 is 0 Å². The van der Waals surface area contributed by atoms with Crippen molar-refractivity contribution in [1.82, 2.24) is 9.97 Å². The third-order valence-electron chi connectivity index (χ3n) is 3.10. The molecule has 0 atom stereocenters. The highest BCUT2D eigenvalue weighted by molar-refractivity contribution is 6.30. The van der Waals surface area contributed by atoms with Crippen LogP contribution in [0.5, 0.6) is 0 Å². The van der Waals surface area contributed by atoms with Crippen LogP contribution in [0, 0.1) is 0 Å². The highest BCUT2D eigenvalue weighted by Crippen LogP contribution is 2.35. The molecule has 0 bridgehead atoms. The van der Waals surface area contributed by atoms with Crippen LogP contribution in [0.1, 0.15) is 0 Å². The molecular weight excluding hydrogens is 270 g/mol. The molecule has 0 amide bonds. The lowest BCUT2D eigenvalue weighted by Gasteiger charge is -2.12. The molecule has 98 valence electrons. The summed E-state index contributed by atoms with van der Waals surface area (Å²) in [5.74, 6) is 0.502. The van der Waals surface area contributed by atoms with E-state index < -0.39 is 0 Å². The Bertz CT molecular complexity index is 724. The van der Waals surface area contributed by atoms with E-state index in [1.165, 1.54) is 0 Å². The van der Waals surface area contributed by atoms with Gasteiger partial charge in [-0.2, -0.15) is 0 Å². The molecule has 0 aliphatic carbocycles. The number of hydrogen-bond acceptors (Lipinski definition) is 3. The molecule has 3 aromatic rings. The van der Waals surface area contributed by atoms with Crippen LogP contribution in [0.4, 0.5) is 5.82 Å². The predicted octanol–water partition coefficient (Wildman–Crippen LogP) is 4.05. The number of halogens is 1. The molecule has 0 fully saturated rings. The molecule has 0 saturated carbocycles. The molecule has 0 radical (unpaired) electrons. The normalized spacial score (nSPS) is 10.4. The summed E-state index contributed by atoms with van der Waals surface area (Å²) in [4.78, 5) is 8.24. The number of anilines is 1. The van der Waals surface area contributed by atoms with Crippen LogP contribution in [-0.2, 0) is 0 Å². The Morgan fingerprint density at radius 1 is 0.800 bits per heavy atom. The van der Waals surface area contributed by atoms with E-state index in [1.807, 2.05) is 42.5 Å². The predicted molar refractivity (Wildman–Crippen MR) is 82.3 cm³/mol. The van der Waals surface area contributed by atoms with E-state index in [2.05, 4.69) is 9.97 Å². The number of hydrogen-bond donors (Lipinski definition) is 1. The Labute approximate surface area is 122 Å². The van der Waals surface area contributed by atoms with Gasteiger partial charge < -0.3 is 5.73 Å². The maximum Gasteiger partial charge on any atom is 0.131 e. The first-order valence-corrected chi connectivity index (χ1v) is 6.54. The highest BCUT2D eigenvalue weighted by Gasteiger charge is 2.11. The molecule has 3 nitrogen and oxygen atoms in total. The Morgan fingerprint density at radius 3 is 2.20 bits per heavy atom. The van der Waals surface area contributed by atoms with Gasteiger partial charge in [-0.3, -0.25) is 4.98 Å². The number of nitrogen functional groups attached to an aromatic ring is 1. The fourth-order valence-corrected chi connectivity index (χ4v) is 2.30. The highest BCUT2D eigenvalue weighted by atomic mass is 35.5. The average Bonchev–Trinajstić information content (AvgIpc) is 2.49. The third kappa shape index (κ3) is 2.36. The maximum absolute atomic E-state index is 6.07. The van der Waals surface area contributed by atoms with E-state index in [0.717, 1.165) is 22.3 Å². The summed E-state index contributed by atoms with van der Waals surface area (Å²) in [5, 5.41) is 0.696. The second-order valence-electron chi connectivity index (χ2n) is 4.36. The van der Waals surface area contributed by atoms with Gasteiger partial charge in [0, 0.05) is 29.2 Å². The lowest BCUT2D eigenvalue weighted by atomic mass is 9.96. The number of nitrogens with two attached hydrogens (primary N) is 1. The van der Waals surface area contributed by atoms with Crippen molar-refractivity contribution >= 4 is 17.4 Å². The summed E-state index contributed by atoms with van der Waals surface area (Å²) in [7, 11) is 0. The maximum atomic E-state index is 6.07. The van der Waals surface area contributed by atoms with Crippen LogP contribution in [-0.4, -0.2) is 9.97 Å². The number of nitrogens with zero attached hydrogens (tertiary/aromatic N) is 2. The summed E-state index contributed by atoms with van der Waals surface area (Å²) in [5.41, 5.74) is 10.1. The summed E-state index contributed by atoms with van der Waals surface area (Å²) in [6.45, 7) is 0. The Morgan fingerprint density at radius 2 is 1.50 bits per heavy atom. The number of pyridine rings is 2.